The molecule has 0 bridgehead atoms. The van der Waals surface area contributed by atoms with Crippen molar-refractivity contribution in [2.24, 2.45) is 23.7 Å². The molecule has 1 aromatic carbocycles. The van der Waals surface area contributed by atoms with Gasteiger partial charge in [0.1, 0.15) is 0 Å². The van der Waals surface area contributed by atoms with Crippen molar-refractivity contribution in [2.75, 3.05) is 0 Å². The Hall–Kier alpha value is -1.18. The van der Waals surface area contributed by atoms with Crippen LogP contribution in [-0.4, -0.2) is 0 Å². The number of halogens is 2. The molecule has 2 fully saturated rings. The molecule has 32 heavy (non-hydrogen) atoms. The Morgan fingerprint density at radius 3 is 2.53 bits per heavy atom. The smallest absolute Gasteiger partial charge is 0.162 e. The lowest BCUT2D eigenvalue weighted by atomic mass is 9.63. The zero-order chi connectivity index (χ0) is 22.5. The van der Waals surface area contributed by atoms with Gasteiger partial charge in [0.25, 0.3) is 0 Å². The van der Waals surface area contributed by atoms with E-state index < -0.39 is 11.6 Å². The van der Waals surface area contributed by atoms with Crippen molar-refractivity contribution in [1.82, 2.24) is 0 Å². The summed E-state index contributed by atoms with van der Waals surface area (Å²) in [4.78, 5) is 0. The molecule has 178 valence electrons. The first-order valence-corrected chi connectivity index (χ1v) is 13.7. The Morgan fingerprint density at radius 2 is 1.72 bits per heavy atom. The third kappa shape index (κ3) is 5.48. The summed E-state index contributed by atoms with van der Waals surface area (Å²) in [6, 6.07) is 2.09. The zero-order valence-electron chi connectivity index (χ0n) is 20.3. The van der Waals surface area contributed by atoms with E-state index in [-0.39, 0.29) is 5.92 Å². The normalized spacial score (nSPS) is 29.9. The molecule has 5 unspecified atom stereocenters. The number of rotatable bonds is 9. The minimum absolute atomic E-state index is 0.215. The van der Waals surface area contributed by atoms with Crippen LogP contribution >= 0.6 is 0 Å². The number of benzene rings is 1. The van der Waals surface area contributed by atoms with Crippen LogP contribution in [0.3, 0.4) is 0 Å². The summed E-state index contributed by atoms with van der Waals surface area (Å²) in [7, 11) is 0. The molecular weight excluding hydrogens is 398 g/mol. The van der Waals surface area contributed by atoms with Crippen LogP contribution in [0.2, 0.25) is 0 Å². The third-order valence-electron chi connectivity index (χ3n) is 9.15. The number of unbranched alkanes of at least 4 members (excludes halogenated alkanes) is 3. The molecule has 3 aliphatic carbocycles. The van der Waals surface area contributed by atoms with Gasteiger partial charge in [-0.1, -0.05) is 57.6 Å². The first kappa shape index (κ1) is 24.0. The average molecular weight is 443 g/mol. The Labute approximate surface area is 195 Å². The summed E-state index contributed by atoms with van der Waals surface area (Å²) in [6.45, 7) is 6.10. The molecular formula is C30H44F2. The van der Waals surface area contributed by atoms with Crippen molar-refractivity contribution in [2.45, 2.75) is 116 Å². The molecule has 0 N–H and O–H groups in total. The molecule has 2 saturated carbocycles. The second-order valence-corrected chi connectivity index (χ2v) is 11.3. The molecule has 4 rings (SSSR count). The van der Waals surface area contributed by atoms with Crippen molar-refractivity contribution >= 4 is 0 Å². The van der Waals surface area contributed by atoms with Crippen LogP contribution in [0.1, 0.15) is 119 Å². The summed E-state index contributed by atoms with van der Waals surface area (Å²) in [5.74, 6) is 2.08. The van der Waals surface area contributed by atoms with Gasteiger partial charge in [0.2, 0.25) is 0 Å². The molecule has 5 atom stereocenters. The number of allylic oxidation sites excluding steroid dienone is 1. The molecule has 0 nitrogen and oxygen atoms in total. The van der Waals surface area contributed by atoms with Crippen LogP contribution in [0.25, 0.3) is 0 Å². The summed E-state index contributed by atoms with van der Waals surface area (Å²) in [6.07, 6.45) is 20.7. The highest BCUT2D eigenvalue weighted by atomic mass is 19.2. The maximum Gasteiger partial charge on any atom is 0.162 e. The van der Waals surface area contributed by atoms with Crippen LogP contribution in [0, 0.1) is 35.3 Å². The molecule has 0 spiro atoms. The van der Waals surface area contributed by atoms with Crippen LogP contribution in [0.5, 0.6) is 0 Å². The van der Waals surface area contributed by atoms with Gasteiger partial charge in [0.05, 0.1) is 0 Å². The second kappa shape index (κ2) is 11.3. The second-order valence-electron chi connectivity index (χ2n) is 11.3. The van der Waals surface area contributed by atoms with Gasteiger partial charge in [-0.05, 0) is 110 Å². The van der Waals surface area contributed by atoms with Crippen molar-refractivity contribution in [3.05, 3.63) is 47.0 Å². The van der Waals surface area contributed by atoms with Crippen LogP contribution < -0.4 is 0 Å². The minimum Gasteiger partial charge on any atom is -0.203 e. The molecule has 0 radical (unpaired) electrons. The molecule has 3 aliphatic rings. The first-order valence-electron chi connectivity index (χ1n) is 13.7. The maximum atomic E-state index is 15.3. The third-order valence-corrected chi connectivity index (χ3v) is 9.15. The lowest BCUT2D eigenvalue weighted by molar-refractivity contribution is 0.114. The van der Waals surface area contributed by atoms with Gasteiger partial charge in [-0.3, -0.25) is 0 Å². The lowest BCUT2D eigenvalue weighted by Crippen LogP contribution is -2.31. The van der Waals surface area contributed by atoms with E-state index in [1.165, 1.54) is 64.2 Å². The predicted molar refractivity (Wildman–Crippen MR) is 131 cm³/mol. The van der Waals surface area contributed by atoms with Gasteiger partial charge in [-0.2, -0.15) is 0 Å². The highest BCUT2D eigenvalue weighted by Gasteiger charge is 2.37. The molecule has 0 aromatic heterocycles. The van der Waals surface area contributed by atoms with Crippen molar-refractivity contribution in [1.29, 1.82) is 0 Å². The Bertz CT molecular complexity index is 767. The number of aryl methyl sites for hydroxylation is 1. The van der Waals surface area contributed by atoms with E-state index in [1.54, 1.807) is 0 Å². The molecule has 0 heterocycles. The summed E-state index contributed by atoms with van der Waals surface area (Å²) in [5, 5.41) is 0. The van der Waals surface area contributed by atoms with Gasteiger partial charge in [0.15, 0.2) is 11.6 Å². The quantitative estimate of drug-likeness (QED) is 0.264. The molecule has 1 aromatic rings. The van der Waals surface area contributed by atoms with E-state index >= 15 is 8.78 Å². The van der Waals surface area contributed by atoms with Crippen LogP contribution in [-0.2, 0) is 12.8 Å². The van der Waals surface area contributed by atoms with E-state index in [9.17, 15) is 0 Å². The number of hydrogen-bond acceptors (Lipinski definition) is 0. The number of fused-ring (bicyclic) bond motifs is 2. The van der Waals surface area contributed by atoms with Gasteiger partial charge < -0.3 is 0 Å². The first-order chi connectivity index (χ1) is 15.6. The predicted octanol–water partition coefficient (Wildman–Crippen LogP) is 9.31. The minimum atomic E-state index is -0.515. The lowest BCUT2D eigenvalue weighted by Gasteiger charge is -2.42. The monoisotopic (exact) mass is 442 g/mol. The fourth-order valence-electron chi connectivity index (χ4n) is 7.22. The van der Waals surface area contributed by atoms with E-state index in [2.05, 4.69) is 19.6 Å². The molecule has 2 heteroatoms. The summed E-state index contributed by atoms with van der Waals surface area (Å²) < 4.78 is 30.5. The van der Waals surface area contributed by atoms with Crippen molar-refractivity contribution in [3.63, 3.8) is 0 Å². The van der Waals surface area contributed by atoms with Gasteiger partial charge >= 0.3 is 0 Å². The standard InChI is InChI=1S/C30H44F2/c1-3-5-7-8-10-22-12-14-26-20-28(30(32)29(31)27(26)18-22)25-16-15-23-17-21(9-6-4-2)11-13-24(23)19-25/h4,20-25H,2-3,5-19H2,1H3. The van der Waals surface area contributed by atoms with E-state index in [0.29, 0.717) is 23.0 Å². The maximum absolute atomic E-state index is 15.3. The fraction of sp³-hybridized carbons (Fsp3) is 0.733. The highest BCUT2D eigenvalue weighted by molar-refractivity contribution is 5.38. The summed E-state index contributed by atoms with van der Waals surface area (Å²) in [5.41, 5.74) is 2.52. The zero-order valence-corrected chi connectivity index (χ0v) is 20.3. The Morgan fingerprint density at radius 1 is 0.906 bits per heavy atom. The van der Waals surface area contributed by atoms with Crippen molar-refractivity contribution in [3.8, 4) is 0 Å². The molecule has 0 amide bonds. The van der Waals surface area contributed by atoms with Crippen LogP contribution in [0.15, 0.2) is 18.7 Å². The van der Waals surface area contributed by atoms with E-state index in [1.807, 2.05) is 6.08 Å². The highest BCUT2D eigenvalue weighted by Crippen LogP contribution is 2.49. The van der Waals surface area contributed by atoms with Gasteiger partial charge in [-0.25, -0.2) is 8.78 Å². The topological polar surface area (TPSA) is 0 Å². The largest absolute Gasteiger partial charge is 0.203 e. The van der Waals surface area contributed by atoms with Gasteiger partial charge in [0, 0.05) is 0 Å². The van der Waals surface area contributed by atoms with Gasteiger partial charge in [-0.15, -0.1) is 6.58 Å². The van der Waals surface area contributed by atoms with Crippen molar-refractivity contribution < 1.29 is 8.78 Å². The Kier molecular flexibility index (Phi) is 8.46. The molecule has 0 saturated heterocycles. The fourth-order valence-corrected chi connectivity index (χ4v) is 7.22. The van der Waals surface area contributed by atoms with E-state index in [0.717, 1.165) is 55.9 Å². The molecule has 0 aliphatic heterocycles. The van der Waals surface area contributed by atoms with E-state index in [4.69, 9.17) is 0 Å². The average Bonchev–Trinajstić information content (AvgIpc) is 2.82. The SMILES string of the molecule is C=CCCC1CCC2CC(c3cc4c(c(F)c3F)CC(CCCCCC)CC4)CCC2C1. The Balaban J connectivity index is 1.39. The van der Waals surface area contributed by atoms with Crippen LogP contribution in [0.4, 0.5) is 8.78 Å². The summed E-state index contributed by atoms with van der Waals surface area (Å²) >= 11 is 0. The number of hydrogen-bond donors (Lipinski definition) is 0.